The Kier molecular flexibility index (Phi) is 7.86. The van der Waals surface area contributed by atoms with Gasteiger partial charge in [0, 0.05) is 16.4 Å². The molecule has 0 radical (unpaired) electrons. The molecule has 0 aliphatic rings. The number of esters is 2. The van der Waals surface area contributed by atoms with Gasteiger partial charge in [-0.3, -0.25) is 9.59 Å². The lowest BCUT2D eigenvalue weighted by atomic mass is 10.1. The second-order valence-corrected chi connectivity index (χ2v) is 5.80. The van der Waals surface area contributed by atoms with Gasteiger partial charge in [0.05, 0.1) is 20.6 Å². The molecule has 1 aromatic rings. The first kappa shape index (κ1) is 18.4. The Bertz CT molecular complexity index is 529. The van der Waals surface area contributed by atoms with Crippen molar-refractivity contribution in [3.63, 3.8) is 0 Å². The summed E-state index contributed by atoms with van der Waals surface area (Å²) in [6.07, 6.45) is 0.264. The molecule has 7 heteroatoms. The molecule has 0 spiro atoms. The van der Waals surface area contributed by atoms with Gasteiger partial charge in [-0.05, 0) is 40.3 Å². The minimum absolute atomic E-state index is 0.0280. The lowest BCUT2D eigenvalue weighted by molar-refractivity contribution is -0.145. The molecule has 0 heterocycles. The number of amides is 1. The molecule has 120 valence electrons. The molecule has 0 aliphatic heterocycles. The Morgan fingerprint density at radius 1 is 1.09 bits per heavy atom. The molecule has 1 atom stereocenters. The van der Waals surface area contributed by atoms with Crippen molar-refractivity contribution in [2.75, 3.05) is 14.2 Å². The Balaban J connectivity index is 2.64. The molecule has 0 saturated carbocycles. The minimum atomic E-state index is -0.782. The maximum Gasteiger partial charge on any atom is 0.328 e. The number of ether oxygens (including phenoxy) is 2. The second-order valence-electron chi connectivity index (χ2n) is 4.55. The minimum Gasteiger partial charge on any atom is -0.469 e. The van der Waals surface area contributed by atoms with Crippen LogP contribution in [0.1, 0.15) is 18.4 Å². The second kappa shape index (κ2) is 9.39. The number of methoxy groups -OCH3 is 2. The van der Waals surface area contributed by atoms with Gasteiger partial charge in [-0.25, -0.2) is 4.79 Å². The highest BCUT2D eigenvalue weighted by atomic mass is 127. The van der Waals surface area contributed by atoms with Crippen LogP contribution in [0.2, 0.25) is 0 Å². The largest absolute Gasteiger partial charge is 0.469 e. The monoisotopic (exact) mass is 419 g/mol. The maximum atomic E-state index is 11.8. The van der Waals surface area contributed by atoms with Gasteiger partial charge < -0.3 is 14.8 Å². The van der Waals surface area contributed by atoms with Gasteiger partial charge in [0.25, 0.3) is 0 Å². The van der Waals surface area contributed by atoms with Gasteiger partial charge >= 0.3 is 11.9 Å². The van der Waals surface area contributed by atoms with Crippen LogP contribution in [-0.4, -0.2) is 38.1 Å². The van der Waals surface area contributed by atoms with E-state index in [4.69, 9.17) is 4.74 Å². The molecule has 1 N–H and O–H groups in total. The summed E-state index contributed by atoms with van der Waals surface area (Å²) in [4.78, 5) is 34.6. The lowest BCUT2D eigenvalue weighted by Crippen LogP contribution is -2.43. The zero-order chi connectivity index (χ0) is 16.5. The number of hydrogen-bond donors (Lipinski definition) is 1. The molecule has 22 heavy (non-hydrogen) atoms. The average Bonchev–Trinajstić information content (AvgIpc) is 2.53. The Morgan fingerprint density at radius 2 is 1.73 bits per heavy atom. The molecule has 0 aliphatic carbocycles. The number of nitrogens with one attached hydrogen (secondary N) is 1. The zero-order valence-electron chi connectivity index (χ0n) is 12.4. The predicted molar refractivity (Wildman–Crippen MR) is 88.1 cm³/mol. The summed E-state index contributed by atoms with van der Waals surface area (Å²) in [5.74, 6) is -1.39. The molecule has 0 unspecified atom stereocenters. The third kappa shape index (κ3) is 6.42. The molecule has 0 fully saturated rings. The van der Waals surface area contributed by atoms with Crippen molar-refractivity contribution in [1.82, 2.24) is 5.32 Å². The summed E-state index contributed by atoms with van der Waals surface area (Å²) >= 11 is 2.19. The molecule has 0 bridgehead atoms. The van der Waals surface area contributed by atoms with Crippen molar-refractivity contribution in [3.8, 4) is 0 Å². The number of hydrogen-bond acceptors (Lipinski definition) is 5. The summed E-state index contributed by atoms with van der Waals surface area (Å²) in [5, 5.41) is 2.59. The highest BCUT2D eigenvalue weighted by molar-refractivity contribution is 14.1. The predicted octanol–water partition coefficient (Wildman–Crippen LogP) is 1.44. The van der Waals surface area contributed by atoms with E-state index in [2.05, 4.69) is 32.6 Å². The molecule has 1 rings (SSSR count). The van der Waals surface area contributed by atoms with Crippen molar-refractivity contribution in [1.29, 1.82) is 0 Å². The Labute approximate surface area is 142 Å². The average molecular weight is 419 g/mol. The summed E-state index contributed by atoms with van der Waals surface area (Å²) in [6.45, 7) is 0. The van der Waals surface area contributed by atoms with Crippen molar-refractivity contribution < 1.29 is 23.9 Å². The van der Waals surface area contributed by atoms with E-state index in [9.17, 15) is 14.4 Å². The Morgan fingerprint density at radius 3 is 2.27 bits per heavy atom. The van der Waals surface area contributed by atoms with E-state index in [1.54, 1.807) is 0 Å². The van der Waals surface area contributed by atoms with E-state index in [0.29, 0.717) is 6.42 Å². The SMILES string of the molecule is COC(=O)CCC(=O)N[C@@H](Cc1ccc(I)cc1)C(=O)OC. The quantitative estimate of drug-likeness (QED) is 0.535. The van der Waals surface area contributed by atoms with Crippen LogP contribution >= 0.6 is 22.6 Å². The number of carbonyl (C=O) groups is 3. The van der Waals surface area contributed by atoms with E-state index in [1.807, 2.05) is 24.3 Å². The fourth-order valence-electron chi connectivity index (χ4n) is 1.78. The molecule has 0 saturated heterocycles. The molecule has 1 aromatic carbocycles. The van der Waals surface area contributed by atoms with E-state index < -0.39 is 23.9 Å². The van der Waals surface area contributed by atoms with Crippen LogP contribution in [0.5, 0.6) is 0 Å². The van der Waals surface area contributed by atoms with Crippen LogP contribution < -0.4 is 5.32 Å². The standard InChI is InChI=1S/C15H18INO5/c1-21-14(19)8-7-13(18)17-12(15(20)22-2)9-10-3-5-11(16)6-4-10/h3-6,12H,7-9H2,1-2H3,(H,17,18)/t12-/m0/s1. The summed E-state index contributed by atoms with van der Waals surface area (Å²) in [6, 6.07) is 6.83. The van der Waals surface area contributed by atoms with Crippen LogP contribution in [0.15, 0.2) is 24.3 Å². The normalized spacial score (nSPS) is 11.4. The van der Waals surface area contributed by atoms with Crippen molar-refractivity contribution in [2.45, 2.75) is 25.3 Å². The number of halogens is 1. The van der Waals surface area contributed by atoms with Gasteiger partial charge in [0.1, 0.15) is 6.04 Å². The maximum absolute atomic E-state index is 11.8. The smallest absolute Gasteiger partial charge is 0.328 e. The fourth-order valence-corrected chi connectivity index (χ4v) is 2.14. The number of carbonyl (C=O) groups excluding carboxylic acids is 3. The first-order valence-electron chi connectivity index (χ1n) is 6.64. The van der Waals surface area contributed by atoms with Crippen LogP contribution in [-0.2, 0) is 30.3 Å². The number of rotatable bonds is 7. The zero-order valence-corrected chi connectivity index (χ0v) is 14.6. The number of benzene rings is 1. The third-order valence-electron chi connectivity index (χ3n) is 2.96. The van der Waals surface area contributed by atoms with Crippen LogP contribution in [0, 0.1) is 3.57 Å². The Hall–Kier alpha value is -1.64. The van der Waals surface area contributed by atoms with E-state index in [-0.39, 0.29) is 12.8 Å². The molecular formula is C15H18INO5. The van der Waals surface area contributed by atoms with E-state index in [1.165, 1.54) is 14.2 Å². The first-order chi connectivity index (χ1) is 10.5. The lowest BCUT2D eigenvalue weighted by Gasteiger charge is -2.16. The summed E-state index contributed by atoms with van der Waals surface area (Å²) in [5.41, 5.74) is 0.907. The summed E-state index contributed by atoms with van der Waals surface area (Å²) in [7, 11) is 2.53. The highest BCUT2D eigenvalue weighted by Crippen LogP contribution is 2.10. The fraction of sp³-hybridized carbons (Fsp3) is 0.400. The topological polar surface area (TPSA) is 81.7 Å². The van der Waals surface area contributed by atoms with Gasteiger partial charge in [0.15, 0.2) is 0 Å². The van der Waals surface area contributed by atoms with E-state index in [0.717, 1.165) is 9.13 Å². The first-order valence-corrected chi connectivity index (χ1v) is 7.72. The molecule has 1 amide bonds. The van der Waals surface area contributed by atoms with Gasteiger partial charge in [0.2, 0.25) is 5.91 Å². The third-order valence-corrected chi connectivity index (χ3v) is 3.68. The van der Waals surface area contributed by atoms with E-state index >= 15 is 0 Å². The highest BCUT2D eigenvalue weighted by Gasteiger charge is 2.22. The summed E-state index contributed by atoms with van der Waals surface area (Å²) < 4.78 is 10.3. The van der Waals surface area contributed by atoms with Gasteiger partial charge in [-0.2, -0.15) is 0 Å². The molecular weight excluding hydrogens is 401 g/mol. The molecule has 6 nitrogen and oxygen atoms in total. The van der Waals surface area contributed by atoms with Crippen LogP contribution in [0.3, 0.4) is 0 Å². The van der Waals surface area contributed by atoms with Crippen molar-refractivity contribution in [3.05, 3.63) is 33.4 Å². The van der Waals surface area contributed by atoms with Crippen molar-refractivity contribution >= 4 is 40.4 Å². The van der Waals surface area contributed by atoms with Crippen LogP contribution in [0.25, 0.3) is 0 Å². The van der Waals surface area contributed by atoms with Crippen LogP contribution in [0.4, 0.5) is 0 Å². The molecule has 0 aromatic heterocycles. The van der Waals surface area contributed by atoms with Gasteiger partial charge in [-0.15, -0.1) is 0 Å². The van der Waals surface area contributed by atoms with Crippen molar-refractivity contribution in [2.24, 2.45) is 0 Å². The van der Waals surface area contributed by atoms with Gasteiger partial charge in [-0.1, -0.05) is 12.1 Å².